The van der Waals surface area contributed by atoms with Gasteiger partial charge in [0, 0.05) is 22.0 Å². The minimum absolute atomic E-state index is 0.0718. The van der Waals surface area contributed by atoms with Crippen LogP contribution in [0.15, 0.2) is 48.7 Å². The number of carbonyl (C=O) groups excluding carboxylic acids is 1. The fourth-order valence-corrected chi connectivity index (χ4v) is 2.70. The van der Waals surface area contributed by atoms with E-state index < -0.39 is 0 Å². The van der Waals surface area contributed by atoms with Crippen LogP contribution in [0.5, 0.6) is 0 Å². The summed E-state index contributed by atoms with van der Waals surface area (Å²) in [6, 6.07) is 13.4. The number of aromatic nitrogens is 2. The Morgan fingerprint density at radius 3 is 2.83 bits per heavy atom. The Morgan fingerprint density at radius 1 is 1.26 bits per heavy atom. The van der Waals surface area contributed by atoms with Crippen LogP contribution >= 0.6 is 11.6 Å². The molecule has 118 valence electrons. The number of nitrogens with zero attached hydrogens (tertiary/aromatic N) is 2. The van der Waals surface area contributed by atoms with Crippen molar-refractivity contribution in [1.82, 2.24) is 15.1 Å². The summed E-state index contributed by atoms with van der Waals surface area (Å²) < 4.78 is 1.88. The fraction of sp³-hybridized carbons (Fsp3) is 0.222. The van der Waals surface area contributed by atoms with E-state index in [9.17, 15) is 4.79 Å². The Morgan fingerprint density at radius 2 is 2.09 bits per heavy atom. The van der Waals surface area contributed by atoms with Gasteiger partial charge >= 0.3 is 0 Å². The number of halogens is 1. The third-order valence-electron chi connectivity index (χ3n) is 3.55. The summed E-state index contributed by atoms with van der Waals surface area (Å²) in [4.78, 5) is 12.2. The van der Waals surface area contributed by atoms with Gasteiger partial charge in [0.2, 0.25) is 0 Å². The average Bonchev–Trinajstić information content (AvgIpc) is 2.89. The van der Waals surface area contributed by atoms with Crippen LogP contribution in [-0.4, -0.2) is 21.7 Å². The van der Waals surface area contributed by atoms with Gasteiger partial charge < -0.3 is 5.32 Å². The van der Waals surface area contributed by atoms with Crippen molar-refractivity contribution in [3.8, 4) is 0 Å². The second-order valence-electron chi connectivity index (χ2n) is 5.83. The molecule has 1 N–H and O–H groups in total. The lowest BCUT2D eigenvalue weighted by Gasteiger charge is -2.09. The molecule has 4 nitrogen and oxygen atoms in total. The molecule has 2 aromatic carbocycles. The molecule has 0 unspecified atom stereocenters. The van der Waals surface area contributed by atoms with E-state index in [1.807, 2.05) is 67.2 Å². The summed E-state index contributed by atoms with van der Waals surface area (Å²) in [5, 5.41) is 9.04. The Labute approximate surface area is 140 Å². The van der Waals surface area contributed by atoms with Crippen LogP contribution in [0.25, 0.3) is 10.9 Å². The van der Waals surface area contributed by atoms with Gasteiger partial charge in [-0.3, -0.25) is 9.48 Å². The van der Waals surface area contributed by atoms with Gasteiger partial charge in [0.05, 0.1) is 18.3 Å². The van der Waals surface area contributed by atoms with E-state index in [0.29, 0.717) is 17.1 Å². The van der Waals surface area contributed by atoms with Crippen molar-refractivity contribution in [2.24, 2.45) is 0 Å². The molecule has 0 radical (unpaired) electrons. The molecule has 1 amide bonds. The maximum Gasteiger partial charge on any atom is 0.251 e. The molecule has 0 saturated carbocycles. The maximum atomic E-state index is 12.2. The molecule has 23 heavy (non-hydrogen) atoms. The SMILES string of the molecule is CC(C)NC(=O)c1ccc2cnn(Cc3cccc(Cl)c3)c2c1. The lowest BCUT2D eigenvalue weighted by molar-refractivity contribution is 0.0943. The molecule has 0 fully saturated rings. The number of hydrogen-bond donors (Lipinski definition) is 1. The first-order valence-electron chi connectivity index (χ1n) is 7.54. The highest BCUT2D eigenvalue weighted by Gasteiger charge is 2.10. The highest BCUT2D eigenvalue weighted by molar-refractivity contribution is 6.30. The monoisotopic (exact) mass is 327 g/mol. The van der Waals surface area contributed by atoms with Gasteiger partial charge in [-0.05, 0) is 43.7 Å². The predicted molar refractivity (Wildman–Crippen MR) is 92.9 cm³/mol. The van der Waals surface area contributed by atoms with Crippen LogP contribution in [0, 0.1) is 0 Å². The number of carbonyl (C=O) groups is 1. The Balaban J connectivity index is 1.93. The van der Waals surface area contributed by atoms with Crippen LogP contribution in [0.3, 0.4) is 0 Å². The van der Waals surface area contributed by atoms with E-state index >= 15 is 0 Å². The van der Waals surface area contributed by atoms with Crippen LogP contribution < -0.4 is 5.32 Å². The minimum Gasteiger partial charge on any atom is -0.350 e. The first-order chi connectivity index (χ1) is 11.0. The van der Waals surface area contributed by atoms with Gasteiger partial charge in [0.1, 0.15) is 0 Å². The maximum absolute atomic E-state index is 12.2. The molecule has 0 spiro atoms. The summed E-state index contributed by atoms with van der Waals surface area (Å²) in [6.07, 6.45) is 1.81. The molecular formula is C18H18ClN3O. The number of amides is 1. The largest absolute Gasteiger partial charge is 0.350 e. The molecule has 0 bridgehead atoms. The zero-order valence-electron chi connectivity index (χ0n) is 13.1. The van der Waals surface area contributed by atoms with Gasteiger partial charge in [-0.15, -0.1) is 0 Å². The second-order valence-corrected chi connectivity index (χ2v) is 6.27. The highest BCUT2D eigenvalue weighted by atomic mass is 35.5. The van der Waals surface area contributed by atoms with E-state index in [0.717, 1.165) is 16.5 Å². The van der Waals surface area contributed by atoms with Crippen LogP contribution in [0.4, 0.5) is 0 Å². The molecule has 0 aliphatic carbocycles. The number of rotatable bonds is 4. The summed E-state index contributed by atoms with van der Waals surface area (Å²) in [7, 11) is 0. The third-order valence-corrected chi connectivity index (χ3v) is 3.78. The van der Waals surface area contributed by atoms with Crippen molar-refractivity contribution in [3.05, 3.63) is 64.8 Å². The molecule has 1 heterocycles. The number of benzene rings is 2. The van der Waals surface area contributed by atoms with Gasteiger partial charge in [-0.1, -0.05) is 29.8 Å². The smallest absolute Gasteiger partial charge is 0.251 e. The van der Waals surface area contributed by atoms with Crippen LogP contribution in [-0.2, 0) is 6.54 Å². The molecule has 1 aromatic heterocycles. The van der Waals surface area contributed by atoms with Gasteiger partial charge in [-0.25, -0.2) is 0 Å². The number of nitrogens with one attached hydrogen (secondary N) is 1. The Kier molecular flexibility index (Phi) is 4.35. The van der Waals surface area contributed by atoms with Crippen molar-refractivity contribution < 1.29 is 4.79 Å². The molecular weight excluding hydrogens is 310 g/mol. The molecule has 3 rings (SSSR count). The first-order valence-corrected chi connectivity index (χ1v) is 7.91. The Bertz CT molecular complexity index is 854. The van der Waals surface area contributed by atoms with E-state index in [4.69, 9.17) is 11.6 Å². The molecule has 0 aliphatic rings. The fourth-order valence-electron chi connectivity index (χ4n) is 2.49. The third kappa shape index (κ3) is 3.54. The number of fused-ring (bicyclic) bond motifs is 1. The van der Waals surface area contributed by atoms with Crippen molar-refractivity contribution in [1.29, 1.82) is 0 Å². The predicted octanol–water partition coefficient (Wildman–Crippen LogP) is 3.88. The van der Waals surface area contributed by atoms with E-state index in [1.165, 1.54) is 0 Å². The second kappa shape index (κ2) is 6.42. The van der Waals surface area contributed by atoms with Crippen molar-refractivity contribution >= 4 is 28.4 Å². The van der Waals surface area contributed by atoms with E-state index in [2.05, 4.69) is 10.4 Å². The average molecular weight is 328 g/mol. The molecule has 0 saturated heterocycles. The summed E-state index contributed by atoms with van der Waals surface area (Å²) in [5.41, 5.74) is 2.64. The van der Waals surface area contributed by atoms with E-state index in [1.54, 1.807) is 0 Å². The van der Waals surface area contributed by atoms with Crippen molar-refractivity contribution in [3.63, 3.8) is 0 Å². The standard InChI is InChI=1S/C18H18ClN3O/c1-12(2)21-18(23)14-6-7-15-10-20-22(17(15)9-14)11-13-4-3-5-16(19)8-13/h3-10,12H,11H2,1-2H3,(H,21,23). The highest BCUT2D eigenvalue weighted by Crippen LogP contribution is 2.18. The topological polar surface area (TPSA) is 46.9 Å². The van der Waals surface area contributed by atoms with Crippen LogP contribution in [0.2, 0.25) is 5.02 Å². The van der Waals surface area contributed by atoms with Gasteiger partial charge in [0.25, 0.3) is 5.91 Å². The lowest BCUT2D eigenvalue weighted by Crippen LogP contribution is -2.30. The summed E-state index contributed by atoms with van der Waals surface area (Å²) in [6.45, 7) is 4.50. The van der Waals surface area contributed by atoms with E-state index in [-0.39, 0.29) is 11.9 Å². The van der Waals surface area contributed by atoms with Gasteiger partial charge in [0.15, 0.2) is 0 Å². The zero-order chi connectivity index (χ0) is 16.4. The summed E-state index contributed by atoms with van der Waals surface area (Å²) >= 11 is 6.04. The minimum atomic E-state index is -0.0718. The summed E-state index contributed by atoms with van der Waals surface area (Å²) in [5.74, 6) is -0.0718. The van der Waals surface area contributed by atoms with Crippen molar-refractivity contribution in [2.45, 2.75) is 26.4 Å². The Hall–Kier alpha value is -2.33. The number of hydrogen-bond acceptors (Lipinski definition) is 2. The lowest BCUT2D eigenvalue weighted by atomic mass is 10.1. The quantitative estimate of drug-likeness (QED) is 0.790. The molecule has 5 heteroatoms. The molecule has 0 atom stereocenters. The van der Waals surface area contributed by atoms with Gasteiger partial charge in [-0.2, -0.15) is 5.10 Å². The normalized spacial score (nSPS) is 11.1. The molecule has 0 aliphatic heterocycles. The first kappa shape index (κ1) is 15.6. The zero-order valence-corrected chi connectivity index (χ0v) is 13.8. The van der Waals surface area contributed by atoms with Crippen LogP contribution in [0.1, 0.15) is 29.8 Å². The molecule has 3 aromatic rings. The van der Waals surface area contributed by atoms with Crippen molar-refractivity contribution in [2.75, 3.05) is 0 Å².